The average Bonchev–Trinajstić information content (AvgIpc) is 2.90. The lowest BCUT2D eigenvalue weighted by atomic mass is 9.91. The molecule has 0 atom stereocenters. The Bertz CT molecular complexity index is 481. The van der Waals surface area contributed by atoms with E-state index in [1.54, 1.807) is 11.0 Å². The van der Waals surface area contributed by atoms with Gasteiger partial charge in [-0.2, -0.15) is 0 Å². The molecule has 0 spiro atoms. The van der Waals surface area contributed by atoms with Crippen LogP contribution in [0.4, 0.5) is 0 Å². The lowest BCUT2D eigenvalue weighted by molar-refractivity contribution is 0.0601. The van der Waals surface area contributed by atoms with Crippen molar-refractivity contribution in [1.82, 2.24) is 4.90 Å². The van der Waals surface area contributed by atoms with Crippen LogP contribution in [0.5, 0.6) is 0 Å². The van der Waals surface area contributed by atoms with E-state index in [-0.39, 0.29) is 5.91 Å². The molecular weight excluding hydrogens is 229 g/mol. The van der Waals surface area contributed by atoms with Crippen molar-refractivity contribution < 1.29 is 14.3 Å². The number of amides is 1. The van der Waals surface area contributed by atoms with E-state index in [0.717, 1.165) is 25.9 Å². The van der Waals surface area contributed by atoms with E-state index in [2.05, 4.69) is 4.74 Å². The molecule has 1 aromatic carbocycles. The molecule has 2 rings (SSSR count). The first-order valence-electron chi connectivity index (χ1n) is 5.90. The maximum absolute atomic E-state index is 12.2. The second-order valence-corrected chi connectivity index (χ2v) is 4.33. The number of carbonyl (C=O) groups is 2. The van der Waals surface area contributed by atoms with Gasteiger partial charge in [-0.3, -0.25) is 4.79 Å². The van der Waals surface area contributed by atoms with Gasteiger partial charge in [0.1, 0.15) is 7.85 Å². The van der Waals surface area contributed by atoms with Crippen LogP contribution in [-0.4, -0.2) is 44.8 Å². The van der Waals surface area contributed by atoms with Gasteiger partial charge in [-0.1, -0.05) is 17.6 Å². The second kappa shape index (κ2) is 5.25. The van der Waals surface area contributed by atoms with Crippen molar-refractivity contribution in [1.29, 1.82) is 0 Å². The van der Waals surface area contributed by atoms with Gasteiger partial charge in [0.25, 0.3) is 5.91 Å². The monoisotopic (exact) mass is 243 g/mol. The molecule has 1 aliphatic heterocycles. The predicted molar refractivity (Wildman–Crippen MR) is 68.3 cm³/mol. The average molecular weight is 243 g/mol. The van der Waals surface area contributed by atoms with Crippen molar-refractivity contribution in [2.45, 2.75) is 12.8 Å². The summed E-state index contributed by atoms with van der Waals surface area (Å²) in [6.45, 7) is 1.53. The molecule has 4 nitrogen and oxygen atoms in total. The zero-order valence-electron chi connectivity index (χ0n) is 10.3. The molecule has 5 heteroatoms. The third kappa shape index (κ3) is 2.55. The van der Waals surface area contributed by atoms with Crippen LogP contribution in [0, 0.1) is 0 Å². The van der Waals surface area contributed by atoms with Crippen molar-refractivity contribution >= 4 is 25.2 Å². The molecule has 1 saturated heterocycles. The summed E-state index contributed by atoms with van der Waals surface area (Å²) in [5.41, 5.74) is 1.14. The largest absolute Gasteiger partial charge is 0.465 e. The van der Waals surface area contributed by atoms with Gasteiger partial charge in [0.15, 0.2) is 0 Å². The van der Waals surface area contributed by atoms with Crippen molar-refractivity contribution in [3.63, 3.8) is 0 Å². The second-order valence-electron chi connectivity index (χ2n) is 4.33. The number of esters is 1. The first kappa shape index (κ1) is 12.7. The van der Waals surface area contributed by atoms with Gasteiger partial charge >= 0.3 is 5.97 Å². The summed E-state index contributed by atoms with van der Waals surface area (Å²) < 4.78 is 4.63. The van der Waals surface area contributed by atoms with Gasteiger partial charge in [-0.15, -0.1) is 0 Å². The van der Waals surface area contributed by atoms with Crippen LogP contribution in [0.3, 0.4) is 0 Å². The molecule has 1 aliphatic rings. The molecule has 0 bridgehead atoms. The highest BCUT2D eigenvalue weighted by Crippen LogP contribution is 2.13. The van der Waals surface area contributed by atoms with Gasteiger partial charge in [0, 0.05) is 18.7 Å². The topological polar surface area (TPSA) is 46.6 Å². The third-order valence-electron chi connectivity index (χ3n) is 3.02. The van der Waals surface area contributed by atoms with Crippen molar-refractivity contribution in [2.75, 3.05) is 20.2 Å². The number of hydrogen-bond acceptors (Lipinski definition) is 3. The van der Waals surface area contributed by atoms with Crippen LogP contribution in [0.15, 0.2) is 18.2 Å². The van der Waals surface area contributed by atoms with Gasteiger partial charge in [0.2, 0.25) is 0 Å². The van der Waals surface area contributed by atoms with Crippen molar-refractivity contribution in [3.05, 3.63) is 29.3 Å². The van der Waals surface area contributed by atoms with Crippen LogP contribution in [0.2, 0.25) is 0 Å². The number of hydrogen-bond donors (Lipinski definition) is 0. The molecule has 0 unspecified atom stereocenters. The Labute approximate surface area is 107 Å². The smallest absolute Gasteiger partial charge is 0.337 e. The van der Waals surface area contributed by atoms with Crippen LogP contribution >= 0.6 is 0 Å². The molecule has 0 aromatic heterocycles. The molecule has 1 aromatic rings. The van der Waals surface area contributed by atoms with Crippen LogP contribution in [0.25, 0.3) is 0 Å². The summed E-state index contributed by atoms with van der Waals surface area (Å²) in [5, 5.41) is 0. The third-order valence-corrected chi connectivity index (χ3v) is 3.02. The first-order valence-corrected chi connectivity index (χ1v) is 5.90. The number of likely N-dealkylation sites (tertiary alicyclic amines) is 1. The molecular formula is C13H14BNO3. The molecule has 1 fully saturated rings. The minimum Gasteiger partial charge on any atom is -0.465 e. The number of carbonyl (C=O) groups excluding carboxylic acids is 2. The SMILES string of the molecule is [B]c1cc(C(=O)OC)cc(C(=O)N2CCCC2)c1. The quantitative estimate of drug-likeness (QED) is 0.561. The number of methoxy groups -OCH3 is 1. The van der Waals surface area contributed by atoms with Gasteiger partial charge in [-0.05, 0) is 18.9 Å². The highest BCUT2D eigenvalue weighted by molar-refractivity contribution is 6.33. The standard InChI is InChI=1S/C13H14BNO3/c1-18-13(17)10-6-9(7-11(14)8-10)12(16)15-4-2-3-5-15/h6-8H,2-5H2,1H3. The van der Waals surface area contributed by atoms with Crippen LogP contribution in [0.1, 0.15) is 33.6 Å². The van der Waals surface area contributed by atoms with E-state index >= 15 is 0 Å². The van der Waals surface area contributed by atoms with Gasteiger partial charge in [-0.25, -0.2) is 4.79 Å². The Morgan fingerprint density at radius 1 is 1.17 bits per heavy atom. The summed E-state index contributed by atoms with van der Waals surface area (Å²) >= 11 is 0. The number of benzene rings is 1. The van der Waals surface area contributed by atoms with Gasteiger partial charge in [0.05, 0.1) is 12.7 Å². The Kier molecular flexibility index (Phi) is 3.70. The molecule has 2 radical (unpaired) electrons. The maximum Gasteiger partial charge on any atom is 0.337 e. The Hall–Kier alpha value is -1.78. The molecule has 0 aliphatic carbocycles. The summed E-state index contributed by atoms with van der Waals surface area (Å²) in [6, 6.07) is 4.63. The summed E-state index contributed by atoms with van der Waals surface area (Å²) in [6.07, 6.45) is 2.05. The zero-order valence-corrected chi connectivity index (χ0v) is 10.3. The maximum atomic E-state index is 12.2. The minimum absolute atomic E-state index is 0.0787. The molecule has 1 heterocycles. The summed E-state index contributed by atoms with van der Waals surface area (Å²) in [4.78, 5) is 25.4. The molecule has 0 saturated carbocycles. The lowest BCUT2D eigenvalue weighted by Gasteiger charge is -2.16. The minimum atomic E-state index is -0.488. The Morgan fingerprint density at radius 2 is 1.78 bits per heavy atom. The van der Waals surface area contributed by atoms with Crippen molar-refractivity contribution in [2.24, 2.45) is 0 Å². The normalized spacial score (nSPS) is 14.6. The van der Waals surface area contributed by atoms with Gasteiger partial charge < -0.3 is 9.64 Å². The molecule has 18 heavy (non-hydrogen) atoms. The molecule has 92 valence electrons. The molecule has 1 amide bonds. The van der Waals surface area contributed by atoms with E-state index in [1.807, 2.05) is 0 Å². The van der Waals surface area contributed by atoms with E-state index in [0.29, 0.717) is 16.6 Å². The summed E-state index contributed by atoms with van der Waals surface area (Å²) in [5.74, 6) is -0.567. The van der Waals surface area contributed by atoms with Crippen LogP contribution in [-0.2, 0) is 4.74 Å². The van der Waals surface area contributed by atoms with E-state index in [9.17, 15) is 9.59 Å². The Morgan fingerprint density at radius 3 is 2.39 bits per heavy atom. The summed E-state index contributed by atoms with van der Waals surface area (Å²) in [7, 11) is 7.01. The highest BCUT2D eigenvalue weighted by atomic mass is 16.5. The fraction of sp³-hybridized carbons (Fsp3) is 0.385. The van der Waals surface area contributed by atoms with E-state index in [1.165, 1.54) is 19.2 Å². The highest BCUT2D eigenvalue weighted by Gasteiger charge is 2.20. The van der Waals surface area contributed by atoms with E-state index < -0.39 is 5.97 Å². The van der Waals surface area contributed by atoms with Crippen LogP contribution < -0.4 is 5.46 Å². The zero-order chi connectivity index (χ0) is 13.1. The fourth-order valence-electron chi connectivity index (χ4n) is 2.11. The van der Waals surface area contributed by atoms with Crippen molar-refractivity contribution in [3.8, 4) is 0 Å². The fourth-order valence-corrected chi connectivity index (χ4v) is 2.11. The first-order chi connectivity index (χ1) is 8.61. The number of nitrogens with zero attached hydrogens (tertiary/aromatic N) is 1. The number of rotatable bonds is 2. The lowest BCUT2D eigenvalue weighted by Crippen LogP contribution is -2.28. The Balaban J connectivity index is 2.29. The predicted octanol–water partition coefficient (Wildman–Crippen LogP) is 0.503. The number of ether oxygens (including phenoxy) is 1. The van der Waals surface area contributed by atoms with E-state index in [4.69, 9.17) is 7.85 Å². The molecule has 0 N–H and O–H groups in total.